The van der Waals surface area contributed by atoms with Gasteiger partial charge in [0.15, 0.2) is 0 Å². The topological polar surface area (TPSA) is 93.2 Å². The number of nitriles is 1. The van der Waals surface area contributed by atoms with Crippen molar-refractivity contribution in [2.75, 3.05) is 6.61 Å². The average molecular weight is 255 g/mol. The summed E-state index contributed by atoms with van der Waals surface area (Å²) in [6.45, 7) is 1.67. The zero-order valence-corrected chi connectivity index (χ0v) is 9.52. The first-order valence-electron chi connectivity index (χ1n) is 4.56. The third-order valence-electron chi connectivity index (χ3n) is 1.90. The van der Waals surface area contributed by atoms with Crippen LogP contribution in [0.4, 0.5) is 5.69 Å². The van der Waals surface area contributed by atoms with E-state index in [1.165, 1.54) is 0 Å². The van der Waals surface area contributed by atoms with Crippen molar-refractivity contribution in [1.29, 1.82) is 5.26 Å². The van der Waals surface area contributed by atoms with Crippen molar-refractivity contribution in [2.24, 2.45) is 0 Å². The van der Waals surface area contributed by atoms with Crippen LogP contribution in [0.2, 0.25) is 5.02 Å². The van der Waals surface area contributed by atoms with Crippen LogP contribution in [0.1, 0.15) is 22.8 Å². The Morgan fingerprint density at radius 2 is 2.29 bits per heavy atom. The van der Waals surface area contributed by atoms with E-state index in [1.54, 1.807) is 13.0 Å². The summed E-state index contributed by atoms with van der Waals surface area (Å²) in [6, 6.07) is 3.72. The molecule has 0 aliphatic rings. The molecular formula is C10H7ClN2O4. The summed E-state index contributed by atoms with van der Waals surface area (Å²) >= 11 is 5.70. The van der Waals surface area contributed by atoms with Gasteiger partial charge in [-0.1, -0.05) is 11.6 Å². The maximum atomic E-state index is 11.5. The van der Waals surface area contributed by atoms with Crippen molar-refractivity contribution in [2.45, 2.75) is 6.92 Å². The molecule has 17 heavy (non-hydrogen) atoms. The molecule has 1 aromatic rings. The fraction of sp³-hybridized carbons (Fsp3) is 0.200. The number of nitro benzene ring substituents is 1. The predicted molar refractivity (Wildman–Crippen MR) is 58.8 cm³/mol. The Labute approximate surface area is 102 Å². The third-order valence-corrected chi connectivity index (χ3v) is 2.21. The van der Waals surface area contributed by atoms with Crippen molar-refractivity contribution in [1.82, 2.24) is 0 Å². The number of nitro groups is 1. The Hall–Kier alpha value is -2.13. The number of hydrogen-bond acceptors (Lipinski definition) is 5. The van der Waals surface area contributed by atoms with Crippen molar-refractivity contribution in [3.05, 3.63) is 38.4 Å². The fourth-order valence-electron chi connectivity index (χ4n) is 1.17. The molecule has 0 radical (unpaired) electrons. The summed E-state index contributed by atoms with van der Waals surface area (Å²) in [5.41, 5.74) is -0.823. The Balaban J connectivity index is 3.39. The number of halogens is 1. The van der Waals surface area contributed by atoms with Gasteiger partial charge in [-0.05, 0) is 13.0 Å². The van der Waals surface area contributed by atoms with E-state index >= 15 is 0 Å². The molecule has 0 N–H and O–H groups in total. The van der Waals surface area contributed by atoms with Gasteiger partial charge >= 0.3 is 5.97 Å². The van der Waals surface area contributed by atoms with Crippen LogP contribution in [0.5, 0.6) is 0 Å². The minimum absolute atomic E-state index is 0.0267. The quantitative estimate of drug-likeness (QED) is 0.469. The lowest BCUT2D eigenvalue weighted by molar-refractivity contribution is -0.385. The third kappa shape index (κ3) is 2.71. The first-order valence-corrected chi connectivity index (χ1v) is 4.94. The van der Waals surface area contributed by atoms with Crippen LogP contribution < -0.4 is 0 Å². The minimum Gasteiger partial charge on any atom is -0.462 e. The molecule has 0 spiro atoms. The molecule has 0 aromatic heterocycles. The number of ether oxygens (including phenoxy) is 1. The van der Waals surface area contributed by atoms with E-state index in [0.29, 0.717) is 0 Å². The van der Waals surface area contributed by atoms with E-state index in [-0.39, 0.29) is 22.8 Å². The number of carbonyl (C=O) groups excluding carboxylic acids is 1. The fourth-order valence-corrected chi connectivity index (χ4v) is 1.38. The van der Waals surface area contributed by atoms with Gasteiger partial charge in [0.25, 0.3) is 5.69 Å². The monoisotopic (exact) mass is 254 g/mol. The zero-order valence-electron chi connectivity index (χ0n) is 8.77. The minimum atomic E-state index is -0.842. The summed E-state index contributed by atoms with van der Waals surface area (Å²) in [7, 11) is 0. The molecule has 1 rings (SSSR count). The Morgan fingerprint density at radius 1 is 1.65 bits per heavy atom. The maximum Gasteiger partial charge on any atom is 0.345 e. The van der Waals surface area contributed by atoms with Gasteiger partial charge in [0.1, 0.15) is 11.6 Å². The largest absolute Gasteiger partial charge is 0.462 e. The van der Waals surface area contributed by atoms with Crippen molar-refractivity contribution >= 4 is 23.3 Å². The second-order valence-electron chi connectivity index (χ2n) is 2.94. The highest BCUT2D eigenvalue weighted by molar-refractivity contribution is 6.32. The highest BCUT2D eigenvalue weighted by Crippen LogP contribution is 2.27. The second-order valence-corrected chi connectivity index (χ2v) is 3.35. The van der Waals surface area contributed by atoms with Gasteiger partial charge < -0.3 is 4.74 Å². The molecule has 6 nitrogen and oxygen atoms in total. The Morgan fingerprint density at radius 3 is 2.76 bits per heavy atom. The van der Waals surface area contributed by atoms with Crippen molar-refractivity contribution < 1.29 is 14.5 Å². The lowest BCUT2D eigenvalue weighted by Crippen LogP contribution is -2.08. The van der Waals surface area contributed by atoms with Crippen LogP contribution in [-0.2, 0) is 4.74 Å². The number of carbonyl (C=O) groups is 1. The van der Waals surface area contributed by atoms with Gasteiger partial charge in [-0.15, -0.1) is 0 Å². The van der Waals surface area contributed by atoms with Crippen LogP contribution in [0, 0.1) is 21.4 Å². The second kappa shape index (κ2) is 5.27. The van der Waals surface area contributed by atoms with E-state index in [2.05, 4.69) is 4.74 Å². The predicted octanol–water partition coefficient (Wildman–Crippen LogP) is 2.30. The lowest BCUT2D eigenvalue weighted by Gasteiger charge is -2.04. The molecule has 0 bridgehead atoms. The highest BCUT2D eigenvalue weighted by atomic mass is 35.5. The summed E-state index contributed by atoms with van der Waals surface area (Å²) in [5, 5.41) is 19.4. The molecular weight excluding hydrogens is 248 g/mol. The molecule has 0 heterocycles. The molecule has 88 valence electrons. The van der Waals surface area contributed by atoms with Crippen LogP contribution in [0.25, 0.3) is 0 Å². The van der Waals surface area contributed by atoms with Gasteiger partial charge in [-0.2, -0.15) is 5.26 Å². The number of rotatable bonds is 3. The van der Waals surface area contributed by atoms with E-state index in [1.807, 2.05) is 0 Å². The van der Waals surface area contributed by atoms with Crippen LogP contribution in [0.15, 0.2) is 12.1 Å². The van der Waals surface area contributed by atoms with E-state index < -0.39 is 16.6 Å². The molecule has 0 aliphatic carbocycles. The number of esters is 1. The first kappa shape index (κ1) is 12.9. The molecule has 0 unspecified atom stereocenters. The number of hydrogen-bond donors (Lipinski definition) is 0. The average Bonchev–Trinajstić information content (AvgIpc) is 2.28. The van der Waals surface area contributed by atoms with Gasteiger partial charge in [0, 0.05) is 6.07 Å². The molecule has 7 heteroatoms. The normalized spacial score (nSPS) is 9.47. The maximum absolute atomic E-state index is 11.5. The highest BCUT2D eigenvalue weighted by Gasteiger charge is 2.23. The van der Waals surface area contributed by atoms with Gasteiger partial charge in [0.2, 0.25) is 0 Å². The molecule has 1 aromatic carbocycles. The van der Waals surface area contributed by atoms with E-state index in [4.69, 9.17) is 16.9 Å². The van der Waals surface area contributed by atoms with Crippen LogP contribution >= 0.6 is 11.6 Å². The Bertz CT molecular complexity index is 522. The summed E-state index contributed by atoms with van der Waals surface area (Å²) in [4.78, 5) is 21.4. The standard InChI is InChI=1S/C10H7ClN2O4/c1-2-17-10(14)7-4-8(11)6(5-12)3-9(7)13(15)16/h3-4H,2H2,1H3. The van der Waals surface area contributed by atoms with Crippen LogP contribution in [0.3, 0.4) is 0 Å². The van der Waals surface area contributed by atoms with Gasteiger partial charge in [-0.3, -0.25) is 10.1 Å². The van der Waals surface area contributed by atoms with E-state index in [0.717, 1.165) is 12.1 Å². The SMILES string of the molecule is CCOC(=O)c1cc(Cl)c(C#N)cc1[N+](=O)[O-]. The number of nitrogens with zero attached hydrogens (tertiary/aromatic N) is 2. The molecule has 0 saturated carbocycles. The summed E-state index contributed by atoms with van der Waals surface area (Å²) in [5.74, 6) is -0.842. The Kier molecular flexibility index (Phi) is 4.01. The van der Waals surface area contributed by atoms with Crippen molar-refractivity contribution in [3.8, 4) is 6.07 Å². The molecule has 0 aliphatic heterocycles. The molecule has 0 amide bonds. The summed E-state index contributed by atoms with van der Waals surface area (Å²) in [6.07, 6.45) is 0. The smallest absolute Gasteiger partial charge is 0.345 e. The lowest BCUT2D eigenvalue weighted by atomic mass is 10.1. The van der Waals surface area contributed by atoms with Crippen LogP contribution in [-0.4, -0.2) is 17.5 Å². The molecule has 0 fully saturated rings. The molecule has 0 atom stereocenters. The van der Waals surface area contributed by atoms with Gasteiger partial charge in [0.05, 0.1) is 22.1 Å². The first-order chi connectivity index (χ1) is 8.01. The van der Waals surface area contributed by atoms with E-state index in [9.17, 15) is 14.9 Å². The zero-order chi connectivity index (χ0) is 13.0. The number of benzene rings is 1. The molecule has 0 saturated heterocycles. The summed E-state index contributed by atoms with van der Waals surface area (Å²) < 4.78 is 4.66. The van der Waals surface area contributed by atoms with Crippen molar-refractivity contribution in [3.63, 3.8) is 0 Å². The van der Waals surface area contributed by atoms with Gasteiger partial charge in [-0.25, -0.2) is 4.79 Å².